The van der Waals surface area contributed by atoms with Crippen LogP contribution in [0.2, 0.25) is 5.02 Å². The van der Waals surface area contributed by atoms with Gasteiger partial charge in [0.2, 0.25) is 6.35 Å². The van der Waals surface area contributed by atoms with Gasteiger partial charge >= 0.3 is 0 Å². The van der Waals surface area contributed by atoms with Gasteiger partial charge in [-0.3, -0.25) is 14.5 Å². The van der Waals surface area contributed by atoms with Gasteiger partial charge in [0, 0.05) is 32.9 Å². The van der Waals surface area contributed by atoms with Crippen molar-refractivity contribution in [1.29, 1.82) is 0 Å². The predicted octanol–water partition coefficient (Wildman–Crippen LogP) is 5.90. The van der Waals surface area contributed by atoms with E-state index in [1.807, 2.05) is 6.07 Å². The first-order valence-corrected chi connectivity index (χ1v) is 13.3. The summed E-state index contributed by atoms with van der Waals surface area (Å²) in [6.07, 6.45) is -1.65. The van der Waals surface area contributed by atoms with Gasteiger partial charge in [0.25, 0.3) is 11.8 Å². The number of H-pyrrole nitrogens is 1. The molecule has 1 atom stereocenters. The molecule has 214 valence electrons. The van der Waals surface area contributed by atoms with Crippen molar-refractivity contribution in [3.05, 3.63) is 93.5 Å². The number of nitrogens with one attached hydrogen (secondary N) is 2. The smallest absolute Gasteiger partial charge is 0.264 e. The van der Waals surface area contributed by atoms with Gasteiger partial charge in [-0.05, 0) is 61.7 Å². The fraction of sp³-hybridized carbons (Fsp3) is 0.161. The summed E-state index contributed by atoms with van der Waals surface area (Å²) in [5.74, 6) is -3.43. The first kappa shape index (κ1) is 27.6. The van der Waals surface area contributed by atoms with E-state index >= 15 is 0 Å². The van der Waals surface area contributed by atoms with E-state index in [9.17, 15) is 28.6 Å². The molecule has 11 heteroatoms. The lowest BCUT2D eigenvalue weighted by molar-refractivity contribution is 0.0786. The van der Waals surface area contributed by atoms with Crippen molar-refractivity contribution in [3.63, 3.8) is 0 Å². The van der Waals surface area contributed by atoms with Crippen LogP contribution in [0.15, 0.2) is 54.6 Å². The lowest BCUT2D eigenvalue weighted by Crippen LogP contribution is -2.49. The van der Waals surface area contributed by atoms with Crippen molar-refractivity contribution in [2.24, 2.45) is 5.73 Å². The molecule has 1 aliphatic heterocycles. The van der Waals surface area contributed by atoms with Crippen LogP contribution in [0.4, 0.5) is 20.2 Å². The summed E-state index contributed by atoms with van der Waals surface area (Å²) in [6.45, 7) is 5.04. The van der Waals surface area contributed by atoms with Crippen LogP contribution in [0.5, 0.6) is 0 Å². The Morgan fingerprint density at radius 1 is 1.10 bits per heavy atom. The quantitative estimate of drug-likeness (QED) is 0.178. The lowest BCUT2D eigenvalue weighted by atomic mass is 9.91. The molecule has 2 heterocycles. The Bertz CT molecular complexity index is 1980. The van der Waals surface area contributed by atoms with Gasteiger partial charge < -0.3 is 26.2 Å². The van der Waals surface area contributed by atoms with Crippen molar-refractivity contribution < 1.29 is 28.6 Å². The Morgan fingerprint density at radius 2 is 1.83 bits per heavy atom. The van der Waals surface area contributed by atoms with E-state index in [4.69, 9.17) is 17.3 Å². The molecule has 0 saturated heterocycles. The maximum Gasteiger partial charge on any atom is 0.264 e. The highest BCUT2D eigenvalue weighted by Gasteiger charge is 2.35. The maximum atomic E-state index is 14.4. The number of aromatic nitrogens is 1. The van der Waals surface area contributed by atoms with Gasteiger partial charge in [0.15, 0.2) is 0 Å². The Hall–Kier alpha value is -4.51. The third kappa shape index (κ3) is 4.18. The number of anilines is 2. The normalized spacial score (nSPS) is 15.3. The fourth-order valence-corrected chi connectivity index (χ4v) is 5.91. The third-order valence-electron chi connectivity index (χ3n) is 7.66. The molecule has 6 N–H and O–H groups in total. The number of aliphatic hydroxyl groups is 2. The SMILES string of the molecule is Cc1c(-c2c(Cl)cc(C(N)=O)c3[nH]c4cc(C(C)(C)O)ccc4c23)cccc1N1C(=O)c2cc(F)cc(F)c2NC1O. The average molecular weight is 591 g/mol. The molecular formula is C31H25ClF2N4O4. The highest BCUT2D eigenvalue weighted by molar-refractivity contribution is 6.37. The number of aliphatic hydroxyl groups excluding tert-OH is 1. The first-order valence-electron chi connectivity index (χ1n) is 13.0. The number of halogens is 3. The molecule has 8 nitrogen and oxygen atoms in total. The molecule has 2 amide bonds. The molecule has 0 spiro atoms. The Morgan fingerprint density at radius 3 is 2.52 bits per heavy atom. The molecule has 1 aromatic heterocycles. The van der Waals surface area contributed by atoms with Gasteiger partial charge in [0.05, 0.1) is 33.6 Å². The van der Waals surface area contributed by atoms with Gasteiger partial charge in [0.1, 0.15) is 11.6 Å². The van der Waals surface area contributed by atoms with Gasteiger partial charge in [-0.1, -0.05) is 35.9 Å². The number of hydrogen-bond donors (Lipinski definition) is 5. The summed E-state index contributed by atoms with van der Waals surface area (Å²) >= 11 is 6.83. The van der Waals surface area contributed by atoms with Crippen LogP contribution in [-0.4, -0.2) is 33.4 Å². The van der Waals surface area contributed by atoms with Crippen LogP contribution < -0.4 is 16.0 Å². The molecule has 1 aliphatic rings. The average Bonchev–Trinajstić information content (AvgIpc) is 3.28. The number of aromatic amines is 1. The van der Waals surface area contributed by atoms with Crippen molar-refractivity contribution in [3.8, 4) is 11.1 Å². The number of nitrogens with zero attached hydrogens (tertiary/aromatic N) is 1. The Kier molecular flexibility index (Phi) is 6.27. The molecule has 5 aromatic rings. The number of benzene rings is 4. The molecule has 0 fully saturated rings. The zero-order valence-corrected chi connectivity index (χ0v) is 23.4. The summed E-state index contributed by atoms with van der Waals surface area (Å²) in [6, 6.07) is 13.4. The minimum Gasteiger partial charge on any atom is -0.386 e. The third-order valence-corrected chi connectivity index (χ3v) is 7.95. The zero-order chi connectivity index (χ0) is 30.2. The molecule has 6 rings (SSSR count). The van der Waals surface area contributed by atoms with Crippen LogP contribution in [0, 0.1) is 18.6 Å². The molecular weight excluding hydrogens is 566 g/mol. The highest BCUT2D eigenvalue weighted by Crippen LogP contribution is 2.45. The minimum absolute atomic E-state index is 0.167. The largest absolute Gasteiger partial charge is 0.386 e. The number of primary amides is 1. The molecule has 4 aromatic carbocycles. The van der Waals surface area contributed by atoms with E-state index in [1.54, 1.807) is 51.1 Å². The van der Waals surface area contributed by atoms with Crippen LogP contribution in [0.25, 0.3) is 32.9 Å². The number of carbonyl (C=O) groups excluding carboxylic acids is 2. The van der Waals surface area contributed by atoms with E-state index < -0.39 is 35.4 Å². The van der Waals surface area contributed by atoms with Crippen LogP contribution >= 0.6 is 11.6 Å². The molecule has 42 heavy (non-hydrogen) atoms. The number of nitrogens with two attached hydrogens (primary N) is 1. The number of amides is 2. The van der Waals surface area contributed by atoms with E-state index in [2.05, 4.69) is 10.3 Å². The van der Waals surface area contributed by atoms with Crippen LogP contribution in [-0.2, 0) is 5.60 Å². The number of carbonyl (C=O) groups is 2. The van der Waals surface area contributed by atoms with Crippen LogP contribution in [0.1, 0.15) is 45.7 Å². The summed E-state index contributed by atoms with van der Waals surface area (Å²) in [5, 5.41) is 25.5. The van der Waals surface area contributed by atoms with Crippen LogP contribution in [0.3, 0.4) is 0 Å². The topological polar surface area (TPSA) is 132 Å². The van der Waals surface area contributed by atoms with Crippen molar-refractivity contribution in [2.45, 2.75) is 32.7 Å². The lowest BCUT2D eigenvalue weighted by Gasteiger charge is -2.35. The molecule has 0 aliphatic carbocycles. The van der Waals surface area contributed by atoms with Gasteiger partial charge in [-0.15, -0.1) is 0 Å². The van der Waals surface area contributed by atoms with E-state index in [0.29, 0.717) is 50.1 Å². The Balaban J connectivity index is 1.60. The fourth-order valence-electron chi connectivity index (χ4n) is 5.61. The Labute approximate surface area is 243 Å². The molecule has 1 unspecified atom stereocenters. The van der Waals surface area contributed by atoms with Crippen molar-refractivity contribution in [2.75, 3.05) is 10.2 Å². The molecule has 0 bridgehead atoms. The second-order valence-corrected chi connectivity index (χ2v) is 11.2. The standard InChI is InChI=1S/C31H25ClF2N4O4/c1-13-16(5-4-6-23(13)38-29(40)19-10-15(33)11-21(34)26(19)37-30(38)41)24-20(32)12-18(28(35)39)27-25(24)17-8-7-14(31(2,3)42)9-22(17)36-27/h4-12,30,36-37,41-42H,1-3H3,(H2,35,39). The first-order chi connectivity index (χ1) is 19.8. The van der Waals surface area contributed by atoms with Crippen molar-refractivity contribution >= 4 is 56.6 Å². The molecule has 0 radical (unpaired) electrons. The zero-order valence-electron chi connectivity index (χ0n) is 22.6. The minimum atomic E-state index is -1.65. The monoisotopic (exact) mass is 590 g/mol. The van der Waals surface area contributed by atoms with Gasteiger partial charge in [-0.25, -0.2) is 8.78 Å². The van der Waals surface area contributed by atoms with E-state index in [0.717, 1.165) is 11.0 Å². The molecule has 0 saturated carbocycles. The highest BCUT2D eigenvalue weighted by atomic mass is 35.5. The second-order valence-electron chi connectivity index (χ2n) is 10.8. The van der Waals surface area contributed by atoms with E-state index in [1.165, 1.54) is 6.07 Å². The second kappa shape index (κ2) is 9.52. The summed E-state index contributed by atoms with van der Waals surface area (Å²) < 4.78 is 28.4. The summed E-state index contributed by atoms with van der Waals surface area (Å²) in [5.41, 5.74) is 7.79. The summed E-state index contributed by atoms with van der Waals surface area (Å²) in [7, 11) is 0. The van der Waals surface area contributed by atoms with E-state index in [-0.39, 0.29) is 27.5 Å². The van der Waals surface area contributed by atoms with Crippen molar-refractivity contribution in [1.82, 2.24) is 4.98 Å². The maximum absolute atomic E-state index is 14.4. The number of hydrogen-bond acceptors (Lipinski definition) is 5. The number of rotatable bonds is 4. The van der Waals surface area contributed by atoms with Gasteiger partial charge in [-0.2, -0.15) is 0 Å². The summed E-state index contributed by atoms with van der Waals surface area (Å²) in [4.78, 5) is 30.2. The number of fused-ring (bicyclic) bond motifs is 4. The predicted molar refractivity (Wildman–Crippen MR) is 158 cm³/mol.